The highest BCUT2D eigenvalue weighted by molar-refractivity contribution is 6.31. The number of piperidine rings is 1. The fourth-order valence-corrected chi connectivity index (χ4v) is 4.62. The average molecular weight is 445 g/mol. The number of anilines is 1. The van der Waals surface area contributed by atoms with Crippen LogP contribution in [0.3, 0.4) is 0 Å². The van der Waals surface area contributed by atoms with Crippen LogP contribution < -0.4 is 25.6 Å². The molecule has 166 valence electrons. The molecule has 0 spiro atoms. The first-order valence-corrected chi connectivity index (χ1v) is 11.0. The smallest absolute Gasteiger partial charge is 0.321 e. The van der Waals surface area contributed by atoms with Crippen molar-refractivity contribution in [1.29, 1.82) is 0 Å². The Morgan fingerprint density at radius 1 is 1.10 bits per heavy atom. The molecule has 2 unspecified atom stereocenters. The van der Waals surface area contributed by atoms with Crippen LogP contribution in [0.15, 0.2) is 42.5 Å². The van der Waals surface area contributed by atoms with Gasteiger partial charge in [-0.1, -0.05) is 23.7 Å². The molecule has 8 heteroatoms. The summed E-state index contributed by atoms with van der Waals surface area (Å²) in [5, 5.41) is 3.49. The number of carbonyl (C=O) groups is 1. The SMILES string of the molecule is COc1cccc(C2CC(C3CCN(C(=O)Nc4cc(Cl)ccc4OC)CC3)NN2)c1. The van der Waals surface area contributed by atoms with Crippen molar-refractivity contribution in [2.24, 2.45) is 5.92 Å². The van der Waals surface area contributed by atoms with Crippen LogP contribution in [0.2, 0.25) is 5.02 Å². The molecule has 2 fully saturated rings. The van der Waals surface area contributed by atoms with Gasteiger partial charge in [-0.15, -0.1) is 0 Å². The zero-order valence-corrected chi connectivity index (χ0v) is 18.6. The third-order valence-electron chi connectivity index (χ3n) is 6.23. The van der Waals surface area contributed by atoms with Crippen LogP contribution >= 0.6 is 11.6 Å². The fraction of sp³-hybridized carbons (Fsp3) is 0.435. The number of hydrogen-bond donors (Lipinski definition) is 3. The van der Waals surface area contributed by atoms with Crippen molar-refractivity contribution in [1.82, 2.24) is 15.8 Å². The third kappa shape index (κ3) is 5.06. The molecule has 2 aromatic carbocycles. The second-order valence-corrected chi connectivity index (χ2v) is 8.50. The number of ether oxygens (including phenoxy) is 2. The van der Waals surface area contributed by atoms with Crippen molar-refractivity contribution in [2.75, 3.05) is 32.6 Å². The Bertz CT molecular complexity index is 917. The standard InChI is InChI=1S/C23H29ClN4O3/c1-30-18-5-3-4-16(12-18)20-14-19(26-27-20)15-8-10-28(11-9-15)23(29)25-21-13-17(24)6-7-22(21)31-2/h3-7,12-13,15,19-20,26-27H,8-11,14H2,1-2H3,(H,25,29). The number of amides is 2. The van der Waals surface area contributed by atoms with Crippen LogP contribution in [0, 0.1) is 5.92 Å². The van der Waals surface area contributed by atoms with E-state index in [2.05, 4.69) is 28.3 Å². The highest BCUT2D eigenvalue weighted by Gasteiger charge is 2.34. The molecule has 4 rings (SSSR count). The summed E-state index contributed by atoms with van der Waals surface area (Å²) in [7, 11) is 3.26. The van der Waals surface area contributed by atoms with E-state index in [1.807, 2.05) is 17.0 Å². The molecule has 31 heavy (non-hydrogen) atoms. The van der Waals surface area contributed by atoms with Gasteiger partial charge in [0.25, 0.3) is 0 Å². The first kappa shape index (κ1) is 21.7. The first-order chi connectivity index (χ1) is 15.1. The lowest BCUT2D eigenvalue weighted by Crippen LogP contribution is -2.45. The monoisotopic (exact) mass is 444 g/mol. The lowest BCUT2D eigenvalue weighted by Gasteiger charge is -2.34. The molecule has 2 amide bonds. The number of hydrogen-bond acceptors (Lipinski definition) is 5. The predicted octanol–water partition coefficient (Wildman–Crippen LogP) is 4.21. The number of halogens is 1. The molecular weight excluding hydrogens is 416 g/mol. The van der Waals surface area contributed by atoms with E-state index in [1.54, 1.807) is 32.4 Å². The Morgan fingerprint density at radius 3 is 2.65 bits per heavy atom. The Hall–Kier alpha value is -2.48. The summed E-state index contributed by atoms with van der Waals surface area (Å²) in [5.74, 6) is 1.99. The number of benzene rings is 2. The van der Waals surface area contributed by atoms with Gasteiger partial charge in [-0.05, 0) is 61.1 Å². The summed E-state index contributed by atoms with van der Waals surface area (Å²) in [4.78, 5) is 14.6. The summed E-state index contributed by atoms with van der Waals surface area (Å²) in [5.41, 5.74) is 8.72. The normalized spacial score (nSPS) is 21.7. The van der Waals surface area contributed by atoms with E-state index in [0.29, 0.717) is 28.4 Å². The molecule has 2 aromatic rings. The van der Waals surface area contributed by atoms with Crippen LogP contribution in [0.1, 0.15) is 30.9 Å². The summed E-state index contributed by atoms with van der Waals surface area (Å²) in [6.45, 7) is 1.45. The molecule has 0 bridgehead atoms. The molecule has 7 nitrogen and oxygen atoms in total. The highest BCUT2D eigenvalue weighted by atomic mass is 35.5. The van der Waals surface area contributed by atoms with E-state index in [0.717, 1.165) is 38.1 Å². The van der Waals surface area contributed by atoms with Gasteiger partial charge in [0.2, 0.25) is 0 Å². The van der Waals surface area contributed by atoms with E-state index in [1.165, 1.54) is 5.56 Å². The average Bonchev–Trinajstić information content (AvgIpc) is 3.30. The molecule has 2 heterocycles. The van der Waals surface area contributed by atoms with E-state index < -0.39 is 0 Å². The number of methoxy groups -OCH3 is 2. The lowest BCUT2D eigenvalue weighted by atomic mass is 9.86. The van der Waals surface area contributed by atoms with Crippen molar-refractivity contribution in [3.63, 3.8) is 0 Å². The number of nitrogens with zero attached hydrogens (tertiary/aromatic N) is 1. The zero-order valence-electron chi connectivity index (χ0n) is 17.9. The predicted molar refractivity (Wildman–Crippen MR) is 122 cm³/mol. The first-order valence-electron chi connectivity index (χ1n) is 10.6. The van der Waals surface area contributed by atoms with Crippen molar-refractivity contribution in [2.45, 2.75) is 31.3 Å². The van der Waals surface area contributed by atoms with Gasteiger partial charge in [0.1, 0.15) is 11.5 Å². The Balaban J connectivity index is 1.30. The van der Waals surface area contributed by atoms with Gasteiger partial charge < -0.3 is 19.7 Å². The Kier molecular flexibility index (Phi) is 6.85. The van der Waals surface area contributed by atoms with Gasteiger partial charge in [-0.2, -0.15) is 0 Å². The quantitative estimate of drug-likeness (QED) is 0.644. The van der Waals surface area contributed by atoms with Crippen molar-refractivity contribution in [3.05, 3.63) is 53.1 Å². The molecule has 2 aliphatic heterocycles. The van der Waals surface area contributed by atoms with Gasteiger partial charge in [-0.25, -0.2) is 4.79 Å². The van der Waals surface area contributed by atoms with Crippen LogP contribution in [-0.4, -0.2) is 44.3 Å². The van der Waals surface area contributed by atoms with E-state index >= 15 is 0 Å². The topological polar surface area (TPSA) is 74.9 Å². The van der Waals surface area contributed by atoms with Gasteiger partial charge in [0.15, 0.2) is 0 Å². The van der Waals surface area contributed by atoms with Crippen LogP contribution in [-0.2, 0) is 0 Å². The second-order valence-electron chi connectivity index (χ2n) is 8.06. The number of urea groups is 1. The molecule has 0 saturated carbocycles. The maximum Gasteiger partial charge on any atom is 0.321 e. The highest BCUT2D eigenvalue weighted by Crippen LogP contribution is 2.32. The van der Waals surface area contributed by atoms with Crippen molar-refractivity contribution in [3.8, 4) is 11.5 Å². The van der Waals surface area contributed by atoms with Crippen LogP contribution in [0.4, 0.5) is 10.5 Å². The molecule has 2 atom stereocenters. The molecule has 2 aliphatic rings. The minimum atomic E-state index is -0.120. The number of carbonyl (C=O) groups excluding carboxylic acids is 1. The summed E-state index contributed by atoms with van der Waals surface area (Å²) < 4.78 is 10.7. The van der Waals surface area contributed by atoms with E-state index in [9.17, 15) is 4.79 Å². The number of rotatable bonds is 5. The molecule has 2 saturated heterocycles. The summed E-state index contributed by atoms with van der Waals surface area (Å²) >= 11 is 6.07. The number of hydrazine groups is 1. The van der Waals surface area contributed by atoms with Gasteiger partial charge in [-0.3, -0.25) is 10.9 Å². The maximum atomic E-state index is 12.7. The lowest BCUT2D eigenvalue weighted by molar-refractivity contribution is 0.169. The molecule has 0 aliphatic carbocycles. The molecular formula is C23H29ClN4O3. The van der Waals surface area contributed by atoms with Crippen LogP contribution in [0.25, 0.3) is 0 Å². The van der Waals surface area contributed by atoms with Crippen LogP contribution in [0.5, 0.6) is 11.5 Å². The summed E-state index contributed by atoms with van der Waals surface area (Å²) in [6, 6.07) is 13.9. The van der Waals surface area contributed by atoms with Gasteiger partial charge >= 0.3 is 6.03 Å². The largest absolute Gasteiger partial charge is 0.497 e. The Labute approximate surface area is 188 Å². The zero-order chi connectivity index (χ0) is 21.8. The van der Waals surface area contributed by atoms with Gasteiger partial charge in [0.05, 0.1) is 19.9 Å². The maximum absolute atomic E-state index is 12.7. The van der Waals surface area contributed by atoms with E-state index in [-0.39, 0.29) is 12.1 Å². The minimum absolute atomic E-state index is 0.120. The second kappa shape index (κ2) is 9.77. The van der Waals surface area contributed by atoms with E-state index in [4.69, 9.17) is 21.1 Å². The molecule has 0 aromatic heterocycles. The summed E-state index contributed by atoms with van der Waals surface area (Å²) in [6.07, 6.45) is 2.94. The number of likely N-dealkylation sites (tertiary alicyclic amines) is 1. The third-order valence-corrected chi connectivity index (χ3v) is 6.46. The van der Waals surface area contributed by atoms with Gasteiger partial charge in [0, 0.05) is 30.2 Å². The fourth-order valence-electron chi connectivity index (χ4n) is 4.44. The molecule has 3 N–H and O–H groups in total. The van der Waals surface area contributed by atoms with Crippen molar-refractivity contribution >= 4 is 23.3 Å². The Morgan fingerprint density at radius 2 is 1.90 bits per heavy atom. The minimum Gasteiger partial charge on any atom is -0.497 e. The van der Waals surface area contributed by atoms with Crippen molar-refractivity contribution < 1.29 is 14.3 Å². The molecule has 0 radical (unpaired) electrons. The number of nitrogens with one attached hydrogen (secondary N) is 3.